The molecular formula is C27H30N2O4. The van der Waals surface area contributed by atoms with Crippen molar-refractivity contribution in [2.75, 3.05) is 17.7 Å². The van der Waals surface area contributed by atoms with Gasteiger partial charge in [0, 0.05) is 11.3 Å². The Bertz CT molecular complexity index is 1090. The molecule has 3 aromatic rings. The van der Waals surface area contributed by atoms with Gasteiger partial charge in [-0.15, -0.1) is 0 Å². The van der Waals surface area contributed by atoms with Crippen LogP contribution in [0.4, 0.5) is 11.4 Å². The van der Waals surface area contributed by atoms with Crippen LogP contribution in [0.3, 0.4) is 0 Å². The van der Waals surface area contributed by atoms with Gasteiger partial charge in [0.1, 0.15) is 11.5 Å². The van der Waals surface area contributed by atoms with Crippen molar-refractivity contribution in [2.45, 2.75) is 39.7 Å². The van der Waals surface area contributed by atoms with Gasteiger partial charge in [-0.05, 0) is 67.3 Å². The summed E-state index contributed by atoms with van der Waals surface area (Å²) in [5.41, 5.74) is 4.19. The summed E-state index contributed by atoms with van der Waals surface area (Å²) in [6.45, 7) is 5.81. The third-order valence-corrected chi connectivity index (χ3v) is 5.40. The molecule has 0 aliphatic rings. The van der Waals surface area contributed by atoms with Crippen molar-refractivity contribution in [1.29, 1.82) is 0 Å². The topological polar surface area (TPSA) is 76.7 Å². The van der Waals surface area contributed by atoms with Crippen molar-refractivity contribution in [3.63, 3.8) is 0 Å². The molecule has 0 heterocycles. The number of methoxy groups -OCH3 is 1. The molecule has 0 aliphatic heterocycles. The van der Waals surface area contributed by atoms with Gasteiger partial charge in [0.2, 0.25) is 0 Å². The van der Waals surface area contributed by atoms with E-state index in [9.17, 15) is 9.59 Å². The first-order valence-corrected chi connectivity index (χ1v) is 11.1. The van der Waals surface area contributed by atoms with Gasteiger partial charge in [0.15, 0.2) is 6.10 Å². The van der Waals surface area contributed by atoms with Crippen molar-refractivity contribution < 1.29 is 19.1 Å². The van der Waals surface area contributed by atoms with Crippen LogP contribution in [-0.4, -0.2) is 25.0 Å². The SMILES string of the molecule is CCc1cccc(CC)c1NC(=O)c1ccc(OC(C)C(=O)Nc2ccccc2OC)cc1. The maximum absolute atomic E-state index is 12.8. The molecule has 2 amide bonds. The Morgan fingerprint density at radius 1 is 0.848 bits per heavy atom. The Morgan fingerprint density at radius 3 is 2.09 bits per heavy atom. The zero-order valence-corrected chi connectivity index (χ0v) is 19.5. The van der Waals surface area contributed by atoms with Gasteiger partial charge in [-0.3, -0.25) is 9.59 Å². The van der Waals surface area contributed by atoms with E-state index in [-0.39, 0.29) is 11.8 Å². The second kappa shape index (κ2) is 11.2. The normalized spacial score (nSPS) is 11.4. The second-order valence-electron chi connectivity index (χ2n) is 7.59. The number of aryl methyl sites for hydroxylation is 2. The Balaban J connectivity index is 1.64. The summed E-state index contributed by atoms with van der Waals surface area (Å²) in [5, 5.41) is 5.87. The lowest BCUT2D eigenvalue weighted by Gasteiger charge is -2.17. The van der Waals surface area contributed by atoms with Crippen molar-refractivity contribution in [3.05, 3.63) is 83.4 Å². The molecule has 0 saturated carbocycles. The molecule has 0 saturated heterocycles. The Hall–Kier alpha value is -3.80. The summed E-state index contributed by atoms with van der Waals surface area (Å²) in [5.74, 6) is 0.588. The largest absolute Gasteiger partial charge is 0.495 e. The lowest BCUT2D eigenvalue weighted by molar-refractivity contribution is -0.122. The maximum atomic E-state index is 12.8. The van der Waals surface area contributed by atoms with Gasteiger partial charge in [-0.25, -0.2) is 0 Å². The van der Waals surface area contributed by atoms with Gasteiger partial charge in [0.05, 0.1) is 12.8 Å². The van der Waals surface area contributed by atoms with Crippen molar-refractivity contribution in [1.82, 2.24) is 0 Å². The van der Waals surface area contributed by atoms with Crippen LogP contribution in [0.5, 0.6) is 11.5 Å². The highest BCUT2D eigenvalue weighted by Crippen LogP contribution is 2.25. The lowest BCUT2D eigenvalue weighted by atomic mass is 10.0. The van der Waals surface area contributed by atoms with Crippen LogP contribution in [0.1, 0.15) is 42.3 Å². The molecule has 3 rings (SSSR count). The van der Waals surface area contributed by atoms with Crippen LogP contribution in [0.2, 0.25) is 0 Å². The lowest BCUT2D eigenvalue weighted by Crippen LogP contribution is -2.30. The Labute approximate surface area is 194 Å². The summed E-state index contributed by atoms with van der Waals surface area (Å²) in [6, 6.07) is 20.0. The fraction of sp³-hybridized carbons (Fsp3) is 0.259. The Kier molecular flexibility index (Phi) is 8.08. The third kappa shape index (κ3) is 5.92. The first kappa shape index (κ1) is 23.9. The fourth-order valence-electron chi connectivity index (χ4n) is 3.51. The van der Waals surface area contributed by atoms with E-state index in [1.165, 1.54) is 0 Å². The van der Waals surface area contributed by atoms with E-state index in [2.05, 4.69) is 24.5 Å². The van der Waals surface area contributed by atoms with E-state index in [0.717, 1.165) is 29.7 Å². The maximum Gasteiger partial charge on any atom is 0.265 e. The summed E-state index contributed by atoms with van der Waals surface area (Å²) in [4.78, 5) is 25.4. The van der Waals surface area contributed by atoms with E-state index >= 15 is 0 Å². The number of anilines is 2. The number of nitrogens with one attached hydrogen (secondary N) is 2. The summed E-state index contributed by atoms with van der Waals surface area (Å²) < 4.78 is 11.0. The van der Waals surface area contributed by atoms with Gasteiger partial charge in [0.25, 0.3) is 11.8 Å². The molecule has 0 spiro atoms. The number of benzene rings is 3. The molecule has 6 heteroatoms. The number of rotatable bonds is 9. The van der Waals surface area contributed by atoms with Crippen LogP contribution in [-0.2, 0) is 17.6 Å². The zero-order chi connectivity index (χ0) is 23.8. The molecule has 33 heavy (non-hydrogen) atoms. The van der Waals surface area contributed by atoms with Crippen molar-refractivity contribution >= 4 is 23.2 Å². The number of hydrogen-bond acceptors (Lipinski definition) is 4. The first-order valence-electron chi connectivity index (χ1n) is 11.1. The quantitative estimate of drug-likeness (QED) is 0.456. The molecule has 0 bridgehead atoms. The van der Waals surface area contributed by atoms with E-state index in [4.69, 9.17) is 9.47 Å². The molecule has 6 nitrogen and oxygen atoms in total. The first-order chi connectivity index (χ1) is 16.0. The molecular weight excluding hydrogens is 416 g/mol. The highest BCUT2D eigenvalue weighted by Gasteiger charge is 2.17. The van der Waals surface area contributed by atoms with Crippen LogP contribution in [0.15, 0.2) is 66.7 Å². The van der Waals surface area contributed by atoms with E-state index < -0.39 is 6.10 Å². The predicted molar refractivity (Wildman–Crippen MR) is 131 cm³/mol. The molecule has 2 N–H and O–H groups in total. The smallest absolute Gasteiger partial charge is 0.265 e. The minimum Gasteiger partial charge on any atom is -0.495 e. The monoisotopic (exact) mass is 446 g/mol. The van der Waals surface area contributed by atoms with Gasteiger partial charge in [-0.2, -0.15) is 0 Å². The highest BCUT2D eigenvalue weighted by atomic mass is 16.5. The predicted octanol–water partition coefficient (Wildman–Crippen LogP) is 5.48. The molecule has 1 unspecified atom stereocenters. The second-order valence-corrected chi connectivity index (χ2v) is 7.59. The van der Waals surface area contributed by atoms with E-state index in [0.29, 0.717) is 22.7 Å². The average molecular weight is 447 g/mol. The standard InChI is InChI=1S/C27H30N2O4/c1-5-19-10-9-11-20(6-2)25(19)29-27(31)21-14-16-22(17-15-21)33-18(3)26(30)28-23-12-7-8-13-24(23)32-4/h7-18H,5-6H2,1-4H3,(H,28,30)(H,29,31). The number of hydrogen-bond donors (Lipinski definition) is 2. The number of para-hydroxylation sites is 3. The van der Waals surface area contributed by atoms with Gasteiger partial charge >= 0.3 is 0 Å². The number of carbonyl (C=O) groups excluding carboxylic acids is 2. The number of amides is 2. The molecule has 1 atom stereocenters. The number of carbonyl (C=O) groups is 2. The third-order valence-electron chi connectivity index (χ3n) is 5.40. The van der Waals surface area contributed by atoms with Crippen molar-refractivity contribution in [3.8, 4) is 11.5 Å². The molecule has 0 radical (unpaired) electrons. The molecule has 0 aliphatic carbocycles. The molecule has 0 aromatic heterocycles. The summed E-state index contributed by atoms with van der Waals surface area (Å²) in [7, 11) is 1.55. The minimum absolute atomic E-state index is 0.181. The van der Waals surface area contributed by atoms with E-state index in [1.54, 1.807) is 50.4 Å². The summed E-state index contributed by atoms with van der Waals surface area (Å²) in [6.07, 6.45) is 0.939. The number of ether oxygens (including phenoxy) is 2. The average Bonchev–Trinajstić information content (AvgIpc) is 2.84. The molecule has 0 fully saturated rings. The van der Waals surface area contributed by atoms with E-state index in [1.807, 2.05) is 30.3 Å². The van der Waals surface area contributed by atoms with Gasteiger partial charge in [-0.1, -0.05) is 44.2 Å². The van der Waals surface area contributed by atoms with Crippen molar-refractivity contribution in [2.24, 2.45) is 0 Å². The minimum atomic E-state index is -0.738. The van der Waals surface area contributed by atoms with Crippen LogP contribution >= 0.6 is 0 Å². The van der Waals surface area contributed by atoms with Crippen LogP contribution in [0, 0.1) is 0 Å². The van der Waals surface area contributed by atoms with Crippen LogP contribution in [0.25, 0.3) is 0 Å². The summed E-state index contributed by atoms with van der Waals surface area (Å²) >= 11 is 0. The zero-order valence-electron chi connectivity index (χ0n) is 19.5. The highest BCUT2D eigenvalue weighted by molar-refractivity contribution is 6.05. The Morgan fingerprint density at radius 2 is 1.48 bits per heavy atom. The molecule has 3 aromatic carbocycles. The van der Waals surface area contributed by atoms with Gasteiger partial charge < -0.3 is 20.1 Å². The fourth-order valence-corrected chi connectivity index (χ4v) is 3.51. The van der Waals surface area contributed by atoms with Crippen LogP contribution < -0.4 is 20.1 Å². The molecule has 172 valence electrons.